The summed E-state index contributed by atoms with van der Waals surface area (Å²) in [7, 11) is 0. The SMILES string of the molecule is Cc1n[nH]c2cc(CCc3ccccc3N)cnc12. The number of hydrogen-bond donors (Lipinski definition) is 2. The molecule has 0 aliphatic carbocycles. The zero-order valence-corrected chi connectivity index (χ0v) is 10.9. The van der Waals surface area contributed by atoms with E-state index in [-0.39, 0.29) is 0 Å². The van der Waals surface area contributed by atoms with Gasteiger partial charge in [-0.25, -0.2) is 0 Å². The molecule has 0 unspecified atom stereocenters. The predicted octanol–water partition coefficient (Wildman–Crippen LogP) is 2.63. The summed E-state index contributed by atoms with van der Waals surface area (Å²) in [4.78, 5) is 4.45. The highest BCUT2D eigenvalue weighted by atomic mass is 15.1. The fraction of sp³-hybridized carbons (Fsp3) is 0.200. The lowest BCUT2D eigenvalue weighted by Gasteiger charge is -2.05. The number of aryl methyl sites for hydroxylation is 3. The second-order valence-electron chi connectivity index (χ2n) is 4.75. The van der Waals surface area contributed by atoms with Gasteiger partial charge in [-0.05, 0) is 43.0 Å². The topological polar surface area (TPSA) is 67.6 Å². The van der Waals surface area contributed by atoms with Crippen LogP contribution in [0.3, 0.4) is 0 Å². The lowest BCUT2D eigenvalue weighted by atomic mass is 10.0. The monoisotopic (exact) mass is 252 g/mol. The third-order valence-electron chi connectivity index (χ3n) is 3.37. The summed E-state index contributed by atoms with van der Waals surface area (Å²) in [6, 6.07) is 10.1. The second kappa shape index (κ2) is 4.72. The molecule has 3 aromatic rings. The number of nitrogens with one attached hydrogen (secondary N) is 1. The number of nitrogens with zero attached hydrogens (tertiary/aromatic N) is 2. The molecule has 96 valence electrons. The number of fused-ring (bicyclic) bond motifs is 1. The van der Waals surface area contributed by atoms with E-state index < -0.39 is 0 Å². The van der Waals surface area contributed by atoms with Crippen LogP contribution in [0.2, 0.25) is 0 Å². The van der Waals surface area contributed by atoms with Gasteiger partial charge in [-0.2, -0.15) is 5.10 Å². The number of benzene rings is 1. The lowest BCUT2D eigenvalue weighted by molar-refractivity contribution is 0.956. The van der Waals surface area contributed by atoms with Crippen molar-refractivity contribution in [3.8, 4) is 0 Å². The van der Waals surface area contributed by atoms with Gasteiger partial charge < -0.3 is 5.73 Å². The molecule has 0 fully saturated rings. The fourth-order valence-corrected chi connectivity index (χ4v) is 2.26. The van der Waals surface area contributed by atoms with E-state index >= 15 is 0 Å². The molecule has 4 heteroatoms. The Morgan fingerprint density at radius 2 is 2.05 bits per heavy atom. The van der Waals surface area contributed by atoms with E-state index in [2.05, 4.69) is 27.3 Å². The summed E-state index contributed by atoms with van der Waals surface area (Å²) in [5.41, 5.74) is 12.1. The number of H-pyrrole nitrogens is 1. The zero-order valence-electron chi connectivity index (χ0n) is 10.9. The first kappa shape index (κ1) is 11.7. The van der Waals surface area contributed by atoms with Crippen molar-refractivity contribution in [2.45, 2.75) is 19.8 Å². The molecule has 0 spiro atoms. The zero-order chi connectivity index (χ0) is 13.2. The summed E-state index contributed by atoms with van der Waals surface area (Å²) in [6.45, 7) is 1.95. The number of anilines is 1. The van der Waals surface area contributed by atoms with Crippen LogP contribution in [-0.2, 0) is 12.8 Å². The molecule has 0 radical (unpaired) electrons. The Labute approximate surface area is 111 Å². The molecule has 1 aromatic carbocycles. The number of pyridine rings is 1. The highest BCUT2D eigenvalue weighted by Gasteiger charge is 2.05. The third kappa shape index (κ3) is 2.29. The first-order valence-corrected chi connectivity index (χ1v) is 6.37. The number of aromatic nitrogens is 3. The largest absolute Gasteiger partial charge is 0.399 e. The number of aromatic amines is 1. The van der Waals surface area contributed by atoms with Crippen LogP contribution >= 0.6 is 0 Å². The van der Waals surface area contributed by atoms with Gasteiger partial charge in [-0.1, -0.05) is 18.2 Å². The van der Waals surface area contributed by atoms with E-state index in [1.165, 1.54) is 11.1 Å². The van der Waals surface area contributed by atoms with Gasteiger partial charge in [-0.15, -0.1) is 0 Å². The summed E-state index contributed by atoms with van der Waals surface area (Å²) < 4.78 is 0. The van der Waals surface area contributed by atoms with E-state index in [1.54, 1.807) is 0 Å². The summed E-state index contributed by atoms with van der Waals surface area (Å²) in [5.74, 6) is 0. The molecule has 2 heterocycles. The number of hydrogen-bond acceptors (Lipinski definition) is 3. The van der Waals surface area contributed by atoms with Crippen LogP contribution in [0.25, 0.3) is 11.0 Å². The highest BCUT2D eigenvalue weighted by molar-refractivity contribution is 5.76. The van der Waals surface area contributed by atoms with Crippen LogP contribution in [-0.4, -0.2) is 15.2 Å². The Kier molecular flexibility index (Phi) is 2.91. The molecule has 0 amide bonds. The Hall–Kier alpha value is -2.36. The van der Waals surface area contributed by atoms with Gasteiger partial charge in [0.2, 0.25) is 0 Å². The van der Waals surface area contributed by atoms with Crippen molar-refractivity contribution in [2.24, 2.45) is 0 Å². The van der Waals surface area contributed by atoms with Crippen LogP contribution in [0.4, 0.5) is 5.69 Å². The van der Waals surface area contributed by atoms with Crippen molar-refractivity contribution in [1.82, 2.24) is 15.2 Å². The maximum atomic E-state index is 5.95. The molecule has 19 heavy (non-hydrogen) atoms. The number of para-hydroxylation sites is 1. The molecule has 0 aliphatic heterocycles. The van der Waals surface area contributed by atoms with Crippen molar-refractivity contribution in [3.05, 3.63) is 53.3 Å². The maximum Gasteiger partial charge on any atom is 0.111 e. The number of nitrogens with two attached hydrogens (primary N) is 1. The molecule has 4 nitrogen and oxygen atoms in total. The van der Waals surface area contributed by atoms with E-state index in [0.29, 0.717) is 0 Å². The lowest BCUT2D eigenvalue weighted by Crippen LogP contribution is -1.97. The van der Waals surface area contributed by atoms with Gasteiger partial charge >= 0.3 is 0 Å². The molecule has 0 atom stereocenters. The first-order valence-electron chi connectivity index (χ1n) is 6.37. The molecule has 3 N–H and O–H groups in total. The average molecular weight is 252 g/mol. The van der Waals surface area contributed by atoms with E-state index in [0.717, 1.165) is 35.3 Å². The van der Waals surface area contributed by atoms with Gasteiger partial charge in [0.05, 0.1) is 11.2 Å². The van der Waals surface area contributed by atoms with Crippen LogP contribution in [0.15, 0.2) is 36.5 Å². The Balaban J connectivity index is 1.80. The van der Waals surface area contributed by atoms with Crippen molar-refractivity contribution in [1.29, 1.82) is 0 Å². The fourth-order valence-electron chi connectivity index (χ4n) is 2.26. The Bertz CT molecular complexity index is 715. The molecular weight excluding hydrogens is 236 g/mol. The van der Waals surface area contributed by atoms with Gasteiger partial charge in [0.15, 0.2) is 0 Å². The van der Waals surface area contributed by atoms with E-state index in [1.807, 2.05) is 31.3 Å². The van der Waals surface area contributed by atoms with Crippen LogP contribution in [0, 0.1) is 6.92 Å². The van der Waals surface area contributed by atoms with Gasteiger partial charge in [0.1, 0.15) is 5.52 Å². The van der Waals surface area contributed by atoms with Crippen LogP contribution in [0.5, 0.6) is 0 Å². The number of nitrogen functional groups attached to an aromatic ring is 1. The van der Waals surface area contributed by atoms with Gasteiger partial charge in [0.25, 0.3) is 0 Å². The van der Waals surface area contributed by atoms with E-state index in [4.69, 9.17) is 5.73 Å². The highest BCUT2D eigenvalue weighted by Crippen LogP contribution is 2.17. The molecule has 3 rings (SSSR count). The minimum absolute atomic E-state index is 0.855. The minimum Gasteiger partial charge on any atom is -0.399 e. The summed E-state index contributed by atoms with van der Waals surface area (Å²) in [5, 5.41) is 7.16. The minimum atomic E-state index is 0.855. The molecular formula is C15H16N4. The standard InChI is InChI=1S/C15H16N4/c1-10-15-14(19-18-10)8-11(9-17-15)6-7-12-4-2-3-5-13(12)16/h2-5,8-9H,6-7,16H2,1H3,(H,18,19). The van der Waals surface area contributed by atoms with Crippen LogP contribution in [0.1, 0.15) is 16.8 Å². The molecule has 0 saturated carbocycles. The smallest absolute Gasteiger partial charge is 0.111 e. The first-order chi connectivity index (χ1) is 9.24. The maximum absolute atomic E-state index is 5.95. The molecule has 0 aliphatic rings. The van der Waals surface area contributed by atoms with Crippen molar-refractivity contribution < 1.29 is 0 Å². The van der Waals surface area contributed by atoms with Gasteiger partial charge in [0, 0.05) is 11.9 Å². The average Bonchev–Trinajstić information content (AvgIpc) is 2.79. The Morgan fingerprint density at radius 3 is 2.89 bits per heavy atom. The Morgan fingerprint density at radius 1 is 1.21 bits per heavy atom. The third-order valence-corrected chi connectivity index (χ3v) is 3.37. The van der Waals surface area contributed by atoms with Crippen LogP contribution < -0.4 is 5.73 Å². The summed E-state index contributed by atoms with van der Waals surface area (Å²) in [6.07, 6.45) is 3.77. The second-order valence-corrected chi connectivity index (χ2v) is 4.75. The molecule has 2 aromatic heterocycles. The number of rotatable bonds is 3. The van der Waals surface area contributed by atoms with E-state index in [9.17, 15) is 0 Å². The summed E-state index contributed by atoms with van der Waals surface area (Å²) >= 11 is 0. The molecule has 0 bridgehead atoms. The normalized spacial score (nSPS) is 11.0. The van der Waals surface area contributed by atoms with Gasteiger partial charge in [-0.3, -0.25) is 10.1 Å². The quantitative estimate of drug-likeness (QED) is 0.704. The van der Waals surface area contributed by atoms with Crippen molar-refractivity contribution >= 4 is 16.7 Å². The predicted molar refractivity (Wildman–Crippen MR) is 76.9 cm³/mol. The molecule has 0 saturated heterocycles. The van der Waals surface area contributed by atoms with Crippen molar-refractivity contribution in [3.63, 3.8) is 0 Å². The van der Waals surface area contributed by atoms with Crippen molar-refractivity contribution in [2.75, 3.05) is 5.73 Å².